The summed E-state index contributed by atoms with van der Waals surface area (Å²) >= 11 is 5.19. The molecule has 0 radical (unpaired) electrons. The minimum Gasteiger partial charge on any atom is -0.354 e. The first kappa shape index (κ1) is 23.9. The molecule has 0 spiro atoms. The van der Waals surface area contributed by atoms with Gasteiger partial charge in [0.1, 0.15) is 0 Å². The van der Waals surface area contributed by atoms with Crippen LogP contribution in [-0.4, -0.2) is 30.1 Å². The van der Waals surface area contributed by atoms with Gasteiger partial charge in [0.15, 0.2) is 5.11 Å². The van der Waals surface area contributed by atoms with Crippen molar-refractivity contribution in [1.29, 1.82) is 0 Å². The van der Waals surface area contributed by atoms with Gasteiger partial charge in [0.2, 0.25) is 0 Å². The molecule has 0 heterocycles. The van der Waals surface area contributed by atoms with Gasteiger partial charge in [-0.15, -0.1) is 0 Å². The van der Waals surface area contributed by atoms with Gasteiger partial charge < -0.3 is 15.5 Å². The maximum atomic E-state index is 13.1. The maximum Gasteiger partial charge on any atom is 0.416 e. The van der Waals surface area contributed by atoms with Crippen molar-refractivity contribution in [3.8, 4) is 0 Å². The Morgan fingerprint density at radius 2 is 1.40 bits per heavy atom. The molecule has 10 heteroatoms. The largest absolute Gasteiger partial charge is 0.416 e. The fourth-order valence-electron chi connectivity index (χ4n) is 2.78. The van der Waals surface area contributed by atoms with Gasteiger partial charge in [0.05, 0.1) is 17.2 Å². The van der Waals surface area contributed by atoms with Gasteiger partial charge in [-0.2, -0.15) is 26.3 Å². The van der Waals surface area contributed by atoms with Crippen LogP contribution in [0, 0.1) is 0 Å². The number of benzene rings is 2. The van der Waals surface area contributed by atoms with Crippen LogP contribution in [0.3, 0.4) is 0 Å². The first-order valence-corrected chi connectivity index (χ1v) is 9.28. The Morgan fingerprint density at radius 1 is 0.900 bits per heavy atom. The van der Waals surface area contributed by atoms with Gasteiger partial charge in [0.25, 0.3) is 0 Å². The van der Waals surface area contributed by atoms with E-state index >= 15 is 0 Å². The molecule has 2 rings (SSSR count). The summed E-state index contributed by atoms with van der Waals surface area (Å²) in [7, 11) is 3.70. The van der Waals surface area contributed by atoms with Crippen LogP contribution >= 0.6 is 12.2 Å². The van der Waals surface area contributed by atoms with Crippen molar-refractivity contribution in [2.75, 3.05) is 19.4 Å². The summed E-state index contributed by atoms with van der Waals surface area (Å²) in [4.78, 5) is 1.92. The highest BCUT2D eigenvalue weighted by Crippen LogP contribution is 2.37. The van der Waals surface area contributed by atoms with Gasteiger partial charge in [-0.3, -0.25) is 0 Å². The first-order chi connectivity index (χ1) is 13.8. The molecular formula is C20H21F6N3S. The van der Waals surface area contributed by atoms with Crippen LogP contribution in [0.1, 0.15) is 29.7 Å². The van der Waals surface area contributed by atoms with Crippen molar-refractivity contribution in [2.24, 2.45) is 0 Å². The lowest BCUT2D eigenvalue weighted by Crippen LogP contribution is -2.43. The SMILES string of the molecule is C[C@@H]([C@@H](NC(=S)Nc1cc(C(F)(F)F)cc(C(F)(F)F)c1)c1ccccc1)N(C)C. The number of hydrogen-bond acceptors (Lipinski definition) is 2. The quantitative estimate of drug-likeness (QED) is 0.452. The Balaban J connectivity index is 2.31. The third-order valence-corrected chi connectivity index (χ3v) is 4.81. The van der Waals surface area contributed by atoms with E-state index in [9.17, 15) is 26.3 Å². The fourth-order valence-corrected chi connectivity index (χ4v) is 3.02. The van der Waals surface area contributed by atoms with E-state index in [0.717, 1.165) is 5.56 Å². The van der Waals surface area contributed by atoms with Gasteiger partial charge in [0, 0.05) is 11.7 Å². The van der Waals surface area contributed by atoms with Crippen molar-refractivity contribution in [3.63, 3.8) is 0 Å². The molecule has 0 fully saturated rings. The van der Waals surface area contributed by atoms with Crippen molar-refractivity contribution >= 4 is 23.0 Å². The number of hydrogen-bond donors (Lipinski definition) is 2. The Labute approximate surface area is 176 Å². The summed E-state index contributed by atoms with van der Waals surface area (Å²) in [6.07, 6.45) is -9.86. The first-order valence-electron chi connectivity index (χ1n) is 8.87. The second-order valence-corrected chi connectivity index (χ2v) is 7.39. The summed E-state index contributed by atoms with van der Waals surface area (Å²) in [5.41, 5.74) is -2.37. The number of nitrogens with one attached hydrogen (secondary N) is 2. The molecule has 0 bridgehead atoms. The van der Waals surface area contributed by atoms with Gasteiger partial charge in [-0.25, -0.2) is 0 Å². The van der Waals surface area contributed by atoms with Crippen LogP contribution in [0.2, 0.25) is 0 Å². The molecule has 30 heavy (non-hydrogen) atoms. The van der Waals surface area contributed by atoms with Crippen LogP contribution in [0.15, 0.2) is 48.5 Å². The Bertz CT molecular complexity index is 833. The Hall–Kier alpha value is -2.33. The van der Waals surface area contributed by atoms with E-state index in [1.807, 2.05) is 56.3 Å². The number of anilines is 1. The Morgan fingerprint density at radius 3 is 1.83 bits per heavy atom. The molecule has 164 valence electrons. The second-order valence-electron chi connectivity index (χ2n) is 6.99. The number of halogens is 6. The molecule has 3 nitrogen and oxygen atoms in total. The number of alkyl halides is 6. The Kier molecular flexibility index (Phi) is 7.36. The second kappa shape index (κ2) is 9.22. The molecule has 2 aromatic rings. The van der Waals surface area contributed by atoms with Crippen molar-refractivity contribution in [3.05, 3.63) is 65.2 Å². The molecule has 0 aliphatic rings. The van der Waals surface area contributed by atoms with Crippen molar-refractivity contribution in [1.82, 2.24) is 10.2 Å². The molecule has 2 N–H and O–H groups in total. The smallest absolute Gasteiger partial charge is 0.354 e. The lowest BCUT2D eigenvalue weighted by Gasteiger charge is -2.31. The number of rotatable bonds is 5. The molecule has 0 saturated carbocycles. The minimum atomic E-state index is -4.93. The highest BCUT2D eigenvalue weighted by atomic mass is 32.1. The topological polar surface area (TPSA) is 27.3 Å². The fraction of sp³-hybridized carbons (Fsp3) is 0.350. The molecule has 2 aromatic carbocycles. The van der Waals surface area contributed by atoms with Gasteiger partial charge >= 0.3 is 12.4 Å². The normalized spacial score (nSPS) is 14.3. The van der Waals surface area contributed by atoms with Crippen molar-refractivity contribution in [2.45, 2.75) is 31.4 Å². The van der Waals surface area contributed by atoms with Crippen LogP contribution in [0.25, 0.3) is 0 Å². The predicted octanol–water partition coefficient (Wildman–Crippen LogP) is 5.70. The average Bonchev–Trinajstić information content (AvgIpc) is 2.64. The van der Waals surface area contributed by atoms with Crippen LogP contribution in [-0.2, 0) is 12.4 Å². The van der Waals surface area contributed by atoms with Gasteiger partial charge in [-0.1, -0.05) is 30.3 Å². The molecule has 0 aromatic heterocycles. The van der Waals surface area contributed by atoms with E-state index in [4.69, 9.17) is 12.2 Å². The van der Waals surface area contributed by atoms with Crippen molar-refractivity contribution < 1.29 is 26.3 Å². The summed E-state index contributed by atoms with van der Waals surface area (Å²) in [6, 6.07) is 10.0. The van der Waals surface area contributed by atoms with Crippen LogP contribution in [0.4, 0.5) is 32.0 Å². The zero-order valence-electron chi connectivity index (χ0n) is 16.4. The molecule has 0 aliphatic carbocycles. The van der Waals surface area contributed by atoms with E-state index in [1.165, 1.54) is 0 Å². The zero-order chi connectivity index (χ0) is 22.7. The third-order valence-electron chi connectivity index (χ3n) is 4.59. The molecule has 0 amide bonds. The average molecular weight is 449 g/mol. The number of thiocarbonyl (C=S) groups is 1. The molecule has 0 saturated heterocycles. The highest BCUT2D eigenvalue weighted by Gasteiger charge is 2.37. The standard InChI is InChI=1S/C20H21F6N3S/c1-12(29(2)3)17(13-7-5-4-6-8-13)28-18(30)27-16-10-14(19(21,22)23)9-15(11-16)20(24,25)26/h4-12,17H,1-3H3,(H2,27,28,30)/t12-,17+/m0/s1. The van der Waals surface area contributed by atoms with E-state index < -0.39 is 29.2 Å². The summed E-state index contributed by atoms with van der Waals surface area (Å²) in [6.45, 7) is 1.92. The lowest BCUT2D eigenvalue weighted by atomic mass is 10.00. The highest BCUT2D eigenvalue weighted by molar-refractivity contribution is 7.80. The van der Waals surface area contributed by atoms with E-state index in [1.54, 1.807) is 0 Å². The molecular weight excluding hydrogens is 428 g/mol. The van der Waals surface area contributed by atoms with E-state index in [-0.39, 0.29) is 23.3 Å². The lowest BCUT2D eigenvalue weighted by molar-refractivity contribution is -0.143. The monoisotopic (exact) mass is 449 g/mol. The third kappa shape index (κ3) is 6.33. The van der Waals surface area contributed by atoms with Crippen LogP contribution < -0.4 is 10.6 Å². The number of nitrogens with zero attached hydrogens (tertiary/aromatic N) is 1. The molecule has 0 unspecified atom stereocenters. The maximum absolute atomic E-state index is 13.1. The molecule has 0 aliphatic heterocycles. The van der Waals surface area contributed by atoms with E-state index in [0.29, 0.717) is 12.1 Å². The molecule has 2 atom stereocenters. The van der Waals surface area contributed by atoms with Crippen LogP contribution in [0.5, 0.6) is 0 Å². The number of likely N-dealkylation sites (N-methyl/N-ethyl adjacent to an activating group) is 1. The summed E-state index contributed by atoms with van der Waals surface area (Å²) < 4.78 is 78.3. The van der Waals surface area contributed by atoms with E-state index in [2.05, 4.69) is 10.6 Å². The summed E-state index contributed by atoms with van der Waals surface area (Å²) in [5.74, 6) is 0. The predicted molar refractivity (Wildman–Crippen MR) is 108 cm³/mol. The minimum absolute atomic E-state index is 0.0720. The summed E-state index contributed by atoms with van der Waals surface area (Å²) in [5, 5.41) is 5.37. The van der Waals surface area contributed by atoms with Gasteiger partial charge in [-0.05, 0) is 57.0 Å². The zero-order valence-corrected chi connectivity index (χ0v) is 17.2.